The molecule has 1 aliphatic heterocycles. The first-order valence-electron chi connectivity index (χ1n) is 11.7. The highest BCUT2D eigenvalue weighted by molar-refractivity contribution is 6.30. The molecule has 2 aromatic heterocycles. The zero-order chi connectivity index (χ0) is 24.5. The van der Waals surface area contributed by atoms with Crippen molar-refractivity contribution in [1.82, 2.24) is 25.3 Å². The van der Waals surface area contributed by atoms with Crippen molar-refractivity contribution in [2.45, 2.75) is 33.2 Å². The first-order valence-corrected chi connectivity index (χ1v) is 12.0. The van der Waals surface area contributed by atoms with Gasteiger partial charge in [0, 0.05) is 30.6 Å². The van der Waals surface area contributed by atoms with Crippen LogP contribution in [0.5, 0.6) is 0 Å². The lowest BCUT2D eigenvalue weighted by molar-refractivity contribution is -0.125. The standard InChI is InChI=1S/C26H26ClFN6O/c1-16-23-17(2)34(22-8-6-20(27)7-9-22)32-24(23)25(31-30-16)33-12-10-19(11-13-33)26(35)29-15-18-4-3-5-21(28)14-18/h3-9,14,19H,10-13,15H2,1-2H3,(H,29,35). The monoisotopic (exact) mass is 492 g/mol. The SMILES string of the molecule is Cc1nnc(N2CCC(C(=O)NCc3cccc(F)c3)CC2)c2nn(-c3ccc(Cl)cc3)c(C)c12. The molecule has 0 spiro atoms. The summed E-state index contributed by atoms with van der Waals surface area (Å²) in [6.07, 6.45) is 1.39. The third kappa shape index (κ3) is 4.71. The van der Waals surface area contributed by atoms with Crippen molar-refractivity contribution in [3.63, 3.8) is 0 Å². The van der Waals surface area contributed by atoms with Crippen LogP contribution in [-0.4, -0.2) is 39.0 Å². The van der Waals surface area contributed by atoms with Gasteiger partial charge in [-0.2, -0.15) is 10.2 Å². The van der Waals surface area contributed by atoms with Crippen LogP contribution in [0.1, 0.15) is 29.8 Å². The molecule has 1 fully saturated rings. The van der Waals surface area contributed by atoms with E-state index in [1.54, 1.807) is 12.1 Å². The molecule has 1 saturated heterocycles. The summed E-state index contributed by atoms with van der Waals surface area (Å²) in [4.78, 5) is 14.9. The minimum atomic E-state index is -0.302. The summed E-state index contributed by atoms with van der Waals surface area (Å²) in [7, 11) is 0. The van der Waals surface area contributed by atoms with Gasteiger partial charge in [0.25, 0.3) is 0 Å². The number of aromatic nitrogens is 4. The van der Waals surface area contributed by atoms with Crippen molar-refractivity contribution in [3.05, 3.63) is 76.3 Å². The second kappa shape index (κ2) is 9.62. The van der Waals surface area contributed by atoms with Crippen molar-refractivity contribution in [3.8, 4) is 5.69 Å². The summed E-state index contributed by atoms with van der Waals surface area (Å²) in [6, 6.07) is 13.8. The molecule has 4 aromatic rings. The number of aryl methyl sites for hydroxylation is 2. The number of nitrogens with one attached hydrogen (secondary N) is 1. The van der Waals surface area contributed by atoms with Crippen LogP contribution in [0, 0.1) is 25.6 Å². The number of anilines is 1. The molecule has 0 atom stereocenters. The molecule has 3 heterocycles. The van der Waals surface area contributed by atoms with Crippen molar-refractivity contribution in [1.29, 1.82) is 0 Å². The van der Waals surface area contributed by atoms with E-state index in [1.807, 2.05) is 42.8 Å². The lowest BCUT2D eigenvalue weighted by Crippen LogP contribution is -2.40. The topological polar surface area (TPSA) is 75.9 Å². The average molecular weight is 493 g/mol. The molecule has 1 N–H and O–H groups in total. The van der Waals surface area contributed by atoms with Gasteiger partial charge >= 0.3 is 0 Å². The van der Waals surface area contributed by atoms with Gasteiger partial charge in [-0.1, -0.05) is 23.7 Å². The van der Waals surface area contributed by atoms with Crippen LogP contribution in [0.2, 0.25) is 5.02 Å². The van der Waals surface area contributed by atoms with Gasteiger partial charge in [-0.05, 0) is 68.7 Å². The Kier molecular flexibility index (Phi) is 6.38. The van der Waals surface area contributed by atoms with E-state index < -0.39 is 0 Å². The number of carbonyl (C=O) groups excluding carboxylic acids is 1. The number of amides is 1. The molecule has 9 heteroatoms. The predicted molar refractivity (Wildman–Crippen MR) is 134 cm³/mol. The maximum absolute atomic E-state index is 13.4. The van der Waals surface area contributed by atoms with Gasteiger partial charge in [0.15, 0.2) is 5.82 Å². The minimum absolute atomic E-state index is 0.00286. The number of fused-ring (bicyclic) bond motifs is 1. The van der Waals surface area contributed by atoms with Crippen LogP contribution in [0.25, 0.3) is 16.6 Å². The fourth-order valence-electron chi connectivity index (χ4n) is 4.69. The molecule has 1 amide bonds. The van der Waals surface area contributed by atoms with Gasteiger partial charge in [-0.15, -0.1) is 5.10 Å². The van der Waals surface area contributed by atoms with E-state index >= 15 is 0 Å². The van der Waals surface area contributed by atoms with Crippen LogP contribution in [0.15, 0.2) is 48.5 Å². The maximum atomic E-state index is 13.4. The largest absolute Gasteiger partial charge is 0.353 e. The number of rotatable bonds is 5. The molecule has 0 bridgehead atoms. The lowest BCUT2D eigenvalue weighted by atomic mass is 9.95. The highest BCUT2D eigenvalue weighted by Gasteiger charge is 2.28. The summed E-state index contributed by atoms with van der Waals surface area (Å²) in [5.74, 6) is 0.336. The Labute approximate surface area is 207 Å². The number of carbonyl (C=O) groups is 1. The summed E-state index contributed by atoms with van der Waals surface area (Å²) in [6.45, 7) is 5.64. The molecule has 2 aromatic carbocycles. The number of benzene rings is 2. The molecule has 180 valence electrons. The summed E-state index contributed by atoms with van der Waals surface area (Å²) in [5.41, 5.74) is 4.29. The molecule has 0 radical (unpaired) electrons. The van der Waals surface area contributed by atoms with E-state index in [4.69, 9.17) is 16.7 Å². The first-order chi connectivity index (χ1) is 16.9. The van der Waals surface area contributed by atoms with Crippen molar-refractivity contribution >= 4 is 34.2 Å². The molecule has 7 nitrogen and oxygen atoms in total. The van der Waals surface area contributed by atoms with Crippen molar-refractivity contribution in [2.75, 3.05) is 18.0 Å². The van der Waals surface area contributed by atoms with E-state index in [0.29, 0.717) is 37.5 Å². The summed E-state index contributed by atoms with van der Waals surface area (Å²) < 4.78 is 15.3. The molecule has 0 aliphatic carbocycles. The second-order valence-corrected chi connectivity index (χ2v) is 9.35. The van der Waals surface area contributed by atoms with Gasteiger partial charge in [0.2, 0.25) is 5.91 Å². The fourth-order valence-corrected chi connectivity index (χ4v) is 4.82. The Morgan fingerprint density at radius 1 is 1.11 bits per heavy atom. The fraction of sp³-hybridized carbons (Fsp3) is 0.308. The highest BCUT2D eigenvalue weighted by Crippen LogP contribution is 2.31. The Hall–Kier alpha value is -3.52. The predicted octanol–water partition coefficient (Wildman–Crippen LogP) is 4.76. The smallest absolute Gasteiger partial charge is 0.223 e. The summed E-state index contributed by atoms with van der Waals surface area (Å²) >= 11 is 6.06. The number of piperidine rings is 1. The van der Waals surface area contributed by atoms with Gasteiger partial charge in [-0.3, -0.25) is 4.79 Å². The Bertz CT molecular complexity index is 1380. The van der Waals surface area contributed by atoms with E-state index in [9.17, 15) is 9.18 Å². The van der Waals surface area contributed by atoms with Crippen molar-refractivity contribution < 1.29 is 9.18 Å². The maximum Gasteiger partial charge on any atom is 0.223 e. The van der Waals surface area contributed by atoms with Gasteiger partial charge in [0.05, 0.1) is 22.5 Å². The van der Waals surface area contributed by atoms with Crippen LogP contribution in [0.4, 0.5) is 10.2 Å². The number of nitrogens with zero attached hydrogens (tertiary/aromatic N) is 5. The normalized spacial score (nSPS) is 14.5. The van der Waals surface area contributed by atoms with E-state index in [2.05, 4.69) is 20.4 Å². The number of halogens is 2. The molecule has 1 aliphatic rings. The van der Waals surface area contributed by atoms with Crippen LogP contribution >= 0.6 is 11.6 Å². The van der Waals surface area contributed by atoms with Gasteiger partial charge in [0.1, 0.15) is 11.3 Å². The van der Waals surface area contributed by atoms with Crippen molar-refractivity contribution in [2.24, 2.45) is 5.92 Å². The summed E-state index contributed by atoms with van der Waals surface area (Å²) in [5, 5.41) is 18.4. The van der Waals surface area contributed by atoms with Crippen LogP contribution < -0.4 is 10.2 Å². The Balaban J connectivity index is 1.31. The first kappa shape index (κ1) is 23.2. The molecule has 35 heavy (non-hydrogen) atoms. The zero-order valence-electron chi connectivity index (χ0n) is 19.6. The third-order valence-corrected chi connectivity index (χ3v) is 6.83. The van der Waals surface area contributed by atoms with E-state index in [0.717, 1.165) is 39.4 Å². The van der Waals surface area contributed by atoms with Gasteiger partial charge in [-0.25, -0.2) is 9.07 Å². The van der Waals surface area contributed by atoms with E-state index in [-0.39, 0.29) is 17.6 Å². The molecule has 5 rings (SSSR count). The van der Waals surface area contributed by atoms with Crippen LogP contribution in [-0.2, 0) is 11.3 Å². The Morgan fingerprint density at radius 3 is 2.57 bits per heavy atom. The number of hydrogen-bond acceptors (Lipinski definition) is 5. The highest BCUT2D eigenvalue weighted by atomic mass is 35.5. The minimum Gasteiger partial charge on any atom is -0.353 e. The van der Waals surface area contributed by atoms with E-state index in [1.165, 1.54) is 12.1 Å². The molecular formula is C26H26ClFN6O. The lowest BCUT2D eigenvalue weighted by Gasteiger charge is -2.32. The second-order valence-electron chi connectivity index (χ2n) is 8.92. The third-order valence-electron chi connectivity index (χ3n) is 6.58. The van der Waals surface area contributed by atoms with Gasteiger partial charge < -0.3 is 10.2 Å². The van der Waals surface area contributed by atoms with Crippen LogP contribution in [0.3, 0.4) is 0 Å². The molecular weight excluding hydrogens is 467 g/mol. The Morgan fingerprint density at radius 2 is 1.86 bits per heavy atom. The average Bonchev–Trinajstić information content (AvgIpc) is 3.21. The number of hydrogen-bond donors (Lipinski definition) is 1. The zero-order valence-corrected chi connectivity index (χ0v) is 20.4. The molecule has 0 unspecified atom stereocenters. The molecule has 0 saturated carbocycles. The quantitative estimate of drug-likeness (QED) is 0.435.